The number of anilines is 1. The molecule has 0 aliphatic carbocycles. The van der Waals surface area contributed by atoms with Gasteiger partial charge in [-0.1, -0.05) is 6.92 Å². The van der Waals surface area contributed by atoms with Crippen LogP contribution in [0.2, 0.25) is 0 Å². The van der Waals surface area contributed by atoms with Crippen molar-refractivity contribution in [1.29, 1.82) is 0 Å². The van der Waals surface area contributed by atoms with E-state index in [9.17, 15) is 0 Å². The number of thioether (sulfide) groups is 1. The summed E-state index contributed by atoms with van der Waals surface area (Å²) < 4.78 is 0. The van der Waals surface area contributed by atoms with Crippen molar-refractivity contribution in [3.8, 4) is 0 Å². The fourth-order valence-corrected chi connectivity index (χ4v) is 2.02. The summed E-state index contributed by atoms with van der Waals surface area (Å²) in [6, 6.07) is 0. The van der Waals surface area contributed by atoms with Gasteiger partial charge in [-0.3, -0.25) is 5.10 Å². The fraction of sp³-hybridized carbons (Fsp3) is 0.444. The Labute approximate surface area is 92.1 Å². The summed E-state index contributed by atoms with van der Waals surface area (Å²) in [5.74, 6) is 1.65. The number of aromatic nitrogens is 4. The molecule has 0 fully saturated rings. The maximum Gasteiger partial charge on any atom is 0.225 e. The maximum absolute atomic E-state index is 4.43. The van der Waals surface area contributed by atoms with Crippen molar-refractivity contribution in [3.63, 3.8) is 0 Å². The number of rotatable bonds is 4. The average molecular weight is 223 g/mol. The molecule has 0 spiro atoms. The lowest BCUT2D eigenvalue weighted by Gasteiger charge is -2.04. The van der Waals surface area contributed by atoms with Gasteiger partial charge in [0.05, 0.1) is 11.6 Å². The van der Waals surface area contributed by atoms with Crippen LogP contribution in [0.1, 0.15) is 13.8 Å². The quantitative estimate of drug-likeness (QED) is 0.612. The minimum Gasteiger partial charge on any atom is -0.354 e. The molecule has 0 amide bonds. The SMILES string of the molecule is CCNc1nc(SCC)c2cn[nH]c2n1. The normalized spacial score (nSPS) is 10.8. The summed E-state index contributed by atoms with van der Waals surface area (Å²) in [6.45, 7) is 4.94. The van der Waals surface area contributed by atoms with E-state index in [1.807, 2.05) is 6.92 Å². The van der Waals surface area contributed by atoms with Gasteiger partial charge in [0.1, 0.15) is 5.03 Å². The van der Waals surface area contributed by atoms with Crippen molar-refractivity contribution >= 4 is 28.7 Å². The van der Waals surface area contributed by atoms with Crippen molar-refractivity contribution in [3.05, 3.63) is 6.20 Å². The van der Waals surface area contributed by atoms with Crippen LogP contribution in [0.5, 0.6) is 0 Å². The van der Waals surface area contributed by atoms with Gasteiger partial charge in [-0.25, -0.2) is 4.98 Å². The molecular weight excluding hydrogens is 210 g/mol. The van der Waals surface area contributed by atoms with Gasteiger partial charge in [-0.05, 0) is 12.7 Å². The minimum atomic E-state index is 0.658. The van der Waals surface area contributed by atoms with E-state index in [4.69, 9.17) is 0 Å². The molecule has 0 aromatic carbocycles. The number of aromatic amines is 1. The highest BCUT2D eigenvalue weighted by molar-refractivity contribution is 7.99. The lowest BCUT2D eigenvalue weighted by molar-refractivity contribution is 1.04. The number of hydrogen-bond acceptors (Lipinski definition) is 5. The Balaban J connectivity index is 2.48. The van der Waals surface area contributed by atoms with Crippen molar-refractivity contribution in [2.75, 3.05) is 17.6 Å². The molecule has 0 saturated heterocycles. The molecule has 0 saturated carbocycles. The Kier molecular flexibility index (Phi) is 3.05. The molecule has 80 valence electrons. The van der Waals surface area contributed by atoms with Gasteiger partial charge in [0.25, 0.3) is 0 Å². The van der Waals surface area contributed by atoms with Crippen molar-refractivity contribution in [2.24, 2.45) is 0 Å². The second-order valence-electron chi connectivity index (χ2n) is 2.95. The van der Waals surface area contributed by atoms with Gasteiger partial charge in [-0.2, -0.15) is 10.1 Å². The number of fused-ring (bicyclic) bond motifs is 1. The highest BCUT2D eigenvalue weighted by Gasteiger charge is 2.08. The van der Waals surface area contributed by atoms with Gasteiger partial charge in [0.15, 0.2) is 5.65 Å². The summed E-state index contributed by atoms with van der Waals surface area (Å²) in [5.41, 5.74) is 0.789. The smallest absolute Gasteiger partial charge is 0.225 e. The van der Waals surface area contributed by atoms with Crippen molar-refractivity contribution in [2.45, 2.75) is 18.9 Å². The van der Waals surface area contributed by atoms with Crippen LogP contribution < -0.4 is 5.32 Å². The highest BCUT2D eigenvalue weighted by atomic mass is 32.2. The van der Waals surface area contributed by atoms with E-state index < -0.39 is 0 Å². The summed E-state index contributed by atoms with van der Waals surface area (Å²) in [5, 5.41) is 11.9. The standard InChI is InChI=1S/C9H13N5S/c1-3-10-9-12-7-6(5-11-14-7)8(13-9)15-4-2/h5H,3-4H2,1-2H3,(H2,10,11,12,13,14). The van der Waals surface area contributed by atoms with Crippen LogP contribution in [0.15, 0.2) is 11.2 Å². The van der Waals surface area contributed by atoms with Crippen LogP contribution in [-0.2, 0) is 0 Å². The van der Waals surface area contributed by atoms with E-state index >= 15 is 0 Å². The Morgan fingerprint density at radius 3 is 3.00 bits per heavy atom. The second-order valence-corrected chi connectivity index (χ2v) is 4.20. The summed E-state index contributed by atoms with van der Waals surface area (Å²) in [6.07, 6.45) is 1.77. The molecule has 0 aliphatic rings. The van der Waals surface area contributed by atoms with E-state index in [1.54, 1.807) is 18.0 Å². The molecule has 5 nitrogen and oxygen atoms in total. The van der Waals surface area contributed by atoms with E-state index in [2.05, 4.69) is 32.4 Å². The molecule has 0 aliphatic heterocycles. The maximum atomic E-state index is 4.43. The molecule has 0 unspecified atom stereocenters. The highest BCUT2D eigenvalue weighted by Crippen LogP contribution is 2.24. The third-order valence-electron chi connectivity index (χ3n) is 1.89. The van der Waals surface area contributed by atoms with Gasteiger partial charge in [0, 0.05) is 6.54 Å². The number of nitrogens with one attached hydrogen (secondary N) is 2. The Bertz CT molecular complexity index is 453. The van der Waals surface area contributed by atoms with E-state index in [-0.39, 0.29) is 0 Å². The van der Waals surface area contributed by atoms with E-state index in [0.717, 1.165) is 28.4 Å². The summed E-state index contributed by atoms with van der Waals surface area (Å²) in [4.78, 5) is 8.75. The third kappa shape index (κ3) is 2.04. The first-order valence-corrected chi connectivity index (χ1v) is 5.91. The number of nitrogens with zero attached hydrogens (tertiary/aromatic N) is 3. The van der Waals surface area contributed by atoms with Gasteiger partial charge < -0.3 is 5.32 Å². The largest absolute Gasteiger partial charge is 0.354 e. The van der Waals surface area contributed by atoms with E-state index in [0.29, 0.717) is 5.95 Å². The first-order chi connectivity index (χ1) is 7.35. The molecule has 15 heavy (non-hydrogen) atoms. The van der Waals surface area contributed by atoms with Crippen LogP contribution in [0.4, 0.5) is 5.95 Å². The molecule has 2 heterocycles. The Morgan fingerprint density at radius 2 is 2.27 bits per heavy atom. The molecular formula is C9H13N5S. The molecule has 0 bridgehead atoms. The third-order valence-corrected chi connectivity index (χ3v) is 2.76. The van der Waals surface area contributed by atoms with Crippen LogP contribution in [0.3, 0.4) is 0 Å². The van der Waals surface area contributed by atoms with Crippen LogP contribution >= 0.6 is 11.8 Å². The van der Waals surface area contributed by atoms with Gasteiger partial charge in [0.2, 0.25) is 5.95 Å². The first kappa shape index (κ1) is 10.2. The zero-order valence-electron chi connectivity index (χ0n) is 8.74. The number of H-pyrrole nitrogens is 1. The lowest BCUT2D eigenvalue weighted by Crippen LogP contribution is -2.02. The molecule has 0 radical (unpaired) electrons. The first-order valence-electron chi connectivity index (χ1n) is 4.93. The molecule has 6 heteroatoms. The molecule has 2 aromatic heterocycles. The van der Waals surface area contributed by atoms with Crippen LogP contribution in [0.25, 0.3) is 11.0 Å². The topological polar surface area (TPSA) is 66.5 Å². The van der Waals surface area contributed by atoms with Crippen LogP contribution in [0, 0.1) is 0 Å². The van der Waals surface area contributed by atoms with Crippen molar-refractivity contribution < 1.29 is 0 Å². The Morgan fingerprint density at radius 1 is 1.40 bits per heavy atom. The molecule has 0 atom stereocenters. The Hall–Kier alpha value is -1.30. The predicted octanol–water partition coefficient (Wildman–Crippen LogP) is 1.90. The molecule has 2 aromatic rings. The second kappa shape index (κ2) is 4.48. The summed E-state index contributed by atoms with van der Waals surface area (Å²) >= 11 is 1.70. The fourth-order valence-electron chi connectivity index (χ4n) is 1.29. The van der Waals surface area contributed by atoms with Gasteiger partial charge in [-0.15, -0.1) is 11.8 Å². The predicted molar refractivity (Wildman–Crippen MR) is 62.2 cm³/mol. The minimum absolute atomic E-state index is 0.658. The lowest BCUT2D eigenvalue weighted by atomic mass is 10.4. The summed E-state index contributed by atoms with van der Waals surface area (Å²) in [7, 11) is 0. The van der Waals surface area contributed by atoms with Crippen LogP contribution in [-0.4, -0.2) is 32.5 Å². The monoisotopic (exact) mass is 223 g/mol. The molecule has 2 N–H and O–H groups in total. The van der Waals surface area contributed by atoms with Crippen molar-refractivity contribution in [1.82, 2.24) is 20.2 Å². The van der Waals surface area contributed by atoms with E-state index in [1.165, 1.54) is 0 Å². The number of hydrogen-bond donors (Lipinski definition) is 2. The zero-order chi connectivity index (χ0) is 10.7. The molecule has 2 rings (SSSR count). The van der Waals surface area contributed by atoms with Gasteiger partial charge >= 0.3 is 0 Å². The average Bonchev–Trinajstić information content (AvgIpc) is 2.67. The zero-order valence-corrected chi connectivity index (χ0v) is 9.56.